The van der Waals surface area contributed by atoms with Gasteiger partial charge in [-0.2, -0.15) is 5.26 Å². The minimum Gasteiger partial charge on any atom is -0.463 e. The van der Waals surface area contributed by atoms with Gasteiger partial charge in [-0.15, -0.1) is 0 Å². The molecule has 1 aromatic heterocycles. The number of aliphatic hydroxyl groups is 1. The Bertz CT molecular complexity index is 940. The van der Waals surface area contributed by atoms with Crippen molar-refractivity contribution in [1.29, 1.82) is 5.26 Å². The minimum absolute atomic E-state index is 0.106. The number of nitrogens with zero attached hydrogens (tertiary/aromatic N) is 2. The highest BCUT2D eigenvalue weighted by Gasteiger charge is 2.33. The topological polar surface area (TPSA) is 84.5 Å². The normalized spacial score (nSPS) is 23.9. The molecule has 0 spiro atoms. The summed E-state index contributed by atoms with van der Waals surface area (Å²) in [6.45, 7) is 4.88. The van der Waals surface area contributed by atoms with E-state index < -0.39 is 6.10 Å². The first kappa shape index (κ1) is 19.0. The van der Waals surface area contributed by atoms with Crippen molar-refractivity contribution in [2.75, 3.05) is 6.61 Å². The zero-order valence-electron chi connectivity index (χ0n) is 16.4. The lowest BCUT2D eigenvalue weighted by Gasteiger charge is -2.18. The van der Waals surface area contributed by atoms with Crippen molar-refractivity contribution in [3.63, 3.8) is 0 Å². The molecule has 6 heteroatoms. The summed E-state index contributed by atoms with van der Waals surface area (Å²) in [7, 11) is 0. The lowest BCUT2D eigenvalue weighted by molar-refractivity contribution is -0.148. The maximum Gasteiger partial charge on any atom is 0.306 e. The third-order valence-electron chi connectivity index (χ3n) is 5.75. The van der Waals surface area contributed by atoms with E-state index in [2.05, 4.69) is 10.6 Å². The van der Waals surface area contributed by atoms with E-state index in [-0.39, 0.29) is 24.1 Å². The van der Waals surface area contributed by atoms with Gasteiger partial charge >= 0.3 is 5.97 Å². The van der Waals surface area contributed by atoms with E-state index in [0.29, 0.717) is 31.6 Å². The predicted molar refractivity (Wildman–Crippen MR) is 104 cm³/mol. The van der Waals surface area contributed by atoms with Crippen LogP contribution in [-0.2, 0) is 33.7 Å². The highest BCUT2D eigenvalue weighted by atomic mass is 16.5. The van der Waals surface area contributed by atoms with Crippen molar-refractivity contribution in [3.8, 4) is 6.07 Å². The number of rotatable bonds is 5. The average Bonchev–Trinajstić information content (AvgIpc) is 3.30. The molecule has 148 valence electrons. The van der Waals surface area contributed by atoms with Gasteiger partial charge in [-0.25, -0.2) is 0 Å². The van der Waals surface area contributed by atoms with Gasteiger partial charge in [0.2, 0.25) is 0 Å². The number of hydrogen-bond acceptors (Lipinski definition) is 5. The van der Waals surface area contributed by atoms with Gasteiger partial charge in [-0.05, 0) is 62.8 Å². The second-order valence-corrected chi connectivity index (χ2v) is 8.16. The summed E-state index contributed by atoms with van der Waals surface area (Å²) in [5.41, 5.74) is 4.10. The first-order chi connectivity index (χ1) is 13.5. The summed E-state index contributed by atoms with van der Waals surface area (Å²) in [5.74, 6) is 0.0420. The highest BCUT2D eigenvalue weighted by Crippen LogP contribution is 2.38. The maximum absolute atomic E-state index is 12.1. The molecule has 6 nitrogen and oxygen atoms in total. The molecule has 2 heterocycles. The molecular weight excluding hydrogens is 356 g/mol. The number of benzene rings is 1. The Balaban J connectivity index is 1.65. The van der Waals surface area contributed by atoms with Crippen LogP contribution in [0.15, 0.2) is 18.2 Å². The van der Waals surface area contributed by atoms with Gasteiger partial charge in [-0.3, -0.25) is 4.79 Å². The molecule has 1 aliphatic heterocycles. The summed E-state index contributed by atoms with van der Waals surface area (Å²) in [4.78, 5) is 12.1. The zero-order valence-corrected chi connectivity index (χ0v) is 16.4. The molecule has 0 unspecified atom stereocenters. The van der Waals surface area contributed by atoms with E-state index in [4.69, 9.17) is 9.47 Å². The number of nitriles is 1. The molecule has 2 aliphatic rings. The standard InChI is InChI=1S/C22H26N2O4/c1-13(2)28-22(26)10-15-8-17-16-7-14(11-23)3-4-18(16)24(19(17)9-15)12-21-20(25)5-6-27-21/h3-4,7,13,15,20-21,25H,5-6,8-10,12H2,1-2H3/t15-,20-,21+/m0/s1. The van der Waals surface area contributed by atoms with Crippen LogP contribution in [0.3, 0.4) is 0 Å². The number of aliphatic hydroxyl groups excluding tert-OH is 1. The van der Waals surface area contributed by atoms with Crippen molar-refractivity contribution in [1.82, 2.24) is 4.57 Å². The molecular formula is C22H26N2O4. The lowest BCUT2D eigenvalue weighted by atomic mass is 10.0. The van der Waals surface area contributed by atoms with Crippen molar-refractivity contribution < 1.29 is 19.4 Å². The Morgan fingerprint density at radius 1 is 1.43 bits per heavy atom. The highest BCUT2D eigenvalue weighted by molar-refractivity contribution is 5.87. The largest absolute Gasteiger partial charge is 0.463 e. The van der Waals surface area contributed by atoms with Crippen LogP contribution in [0.1, 0.15) is 43.5 Å². The second kappa shape index (κ2) is 7.57. The molecule has 0 bridgehead atoms. The molecule has 1 aliphatic carbocycles. The fourth-order valence-electron chi connectivity index (χ4n) is 4.53. The molecule has 4 rings (SSSR count). The Morgan fingerprint density at radius 2 is 2.25 bits per heavy atom. The molecule has 1 fully saturated rings. The van der Waals surface area contributed by atoms with Gasteiger partial charge in [0.25, 0.3) is 0 Å². The maximum atomic E-state index is 12.1. The molecule has 28 heavy (non-hydrogen) atoms. The zero-order chi connectivity index (χ0) is 19.8. The lowest BCUT2D eigenvalue weighted by Crippen LogP contribution is -2.27. The number of carbonyl (C=O) groups is 1. The van der Waals surface area contributed by atoms with E-state index in [1.165, 1.54) is 11.3 Å². The first-order valence-electron chi connectivity index (χ1n) is 9.99. The van der Waals surface area contributed by atoms with Gasteiger partial charge in [0.1, 0.15) is 6.10 Å². The Morgan fingerprint density at radius 3 is 2.93 bits per heavy atom. The number of esters is 1. The van der Waals surface area contributed by atoms with Crippen LogP contribution < -0.4 is 0 Å². The van der Waals surface area contributed by atoms with E-state index in [0.717, 1.165) is 23.7 Å². The summed E-state index contributed by atoms with van der Waals surface area (Å²) < 4.78 is 13.3. The van der Waals surface area contributed by atoms with Crippen molar-refractivity contribution >= 4 is 16.9 Å². The summed E-state index contributed by atoms with van der Waals surface area (Å²) in [6.07, 6.45) is 1.87. The molecule has 2 aromatic rings. The molecule has 0 saturated carbocycles. The number of ether oxygens (including phenoxy) is 2. The van der Waals surface area contributed by atoms with E-state index in [1.807, 2.05) is 32.0 Å². The third kappa shape index (κ3) is 3.52. The number of carbonyl (C=O) groups excluding carboxylic acids is 1. The summed E-state index contributed by atoms with van der Waals surface area (Å²) in [5, 5.41) is 20.6. The van der Waals surface area contributed by atoms with Crippen molar-refractivity contribution in [3.05, 3.63) is 35.0 Å². The summed E-state index contributed by atoms with van der Waals surface area (Å²) in [6, 6.07) is 7.97. The van der Waals surface area contributed by atoms with Crippen LogP contribution >= 0.6 is 0 Å². The monoisotopic (exact) mass is 382 g/mol. The van der Waals surface area contributed by atoms with Crippen LogP contribution in [0.4, 0.5) is 0 Å². The molecule has 0 amide bonds. The van der Waals surface area contributed by atoms with Gasteiger partial charge in [-0.1, -0.05) is 0 Å². The van der Waals surface area contributed by atoms with Crippen LogP contribution in [0.5, 0.6) is 0 Å². The number of aromatic nitrogens is 1. The fourth-order valence-corrected chi connectivity index (χ4v) is 4.53. The van der Waals surface area contributed by atoms with Gasteiger partial charge in [0, 0.05) is 29.6 Å². The van der Waals surface area contributed by atoms with Crippen LogP contribution in [0.2, 0.25) is 0 Å². The smallest absolute Gasteiger partial charge is 0.306 e. The number of fused-ring (bicyclic) bond motifs is 3. The minimum atomic E-state index is -0.454. The van der Waals surface area contributed by atoms with Crippen LogP contribution in [0.25, 0.3) is 10.9 Å². The SMILES string of the molecule is CC(C)OC(=O)C[C@H]1Cc2c(n(C[C@H]3OCC[C@@H]3O)c3ccc(C#N)cc23)C1. The van der Waals surface area contributed by atoms with E-state index in [1.54, 1.807) is 0 Å². The Labute approximate surface area is 164 Å². The number of hydrogen-bond donors (Lipinski definition) is 1. The second-order valence-electron chi connectivity index (χ2n) is 8.16. The molecule has 1 aromatic carbocycles. The average molecular weight is 382 g/mol. The van der Waals surface area contributed by atoms with Crippen LogP contribution in [-0.4, -0.2) is 40.6 Å². The van der Waals surface area contributed by atoms with E-state index >= 15 is 0 Å². The first-order valence-corrected chi connectivity index (χ1v) is 9.99. The van der Waals surface area contributed by atoms with Gasteiger partial charge < -0.3 is 19.1 Å². The molecule has 1 N–H and O–H groups in total. The summed E-state index contributed by atoms with van der Waals surface area (Å²) >= 11 is 0. The van der Waals surface area contributed by atoms with Crippen LogP contribution in [0, 0.1) is 17.2 Å². The Hall–Kier alpha value is -2.36. The van der Waals surface area contributed by atoms with E-state index in [9.17, 15) is 15.2 Å². The van der Waals surface area contributed by atoms with Crippen molar-refractivity contribution in [2.24, 2.45) is 5.92 Å². The fraction of sp³-hybridized carbons (Fsp3) is 0.545. The molecule has 0 radical (unpaired) electrons. The van der Waals surface area contributed by atoms with Crippen molar-refractivity contribution in [2.45, 2.75) is 64.4 Å². The third-order valence-corrected chi connectivity index (χ3v) is 5.75. The molecule has 1 saturated heterocycles. The van der Waals surface area contributed by atoms with Gasteiger partial charge in [0.05, 0.1) is 30.4 Å². The predicted octanol–water partition coefficient (Wildman–Crippen LogP) is 2.72. The quantitative estimate of drug-likeness (QED) is 0.804. The van der Waals surface area contributed by atoms with Gasteiger partial charge in [0.15, 0.2) is 0 Å². The molecule has 3 atom stereocenters. The Kier molecular flexibility index (Phi) is 5.13.